The number of rotatable bonds is 1. The third-order valence-corrected chi connectivity index (χ3v) is 2.11. The van der Waals surface area contributed by atoms with Crippen LogP contribution in [-0.4, -0.2) is 19.3 Å². The van der Waals surface area contributed by atoms with Crippen LogP contribution in [0.4, 0.5) is 5.69 Å². The summed E-state index contributed by atoms with van der Waals surface area (Å²) >= 11 is 0. The minimum absolute atomic E-state index is 0.371. The largest absolute Gasteiger partial charge is 0.465 e. The second-order valence-corrected chi connectivity index (χ2v) is 3.01. The Bertz CT molecular complexity index is 450. The van der Waals surface area contributed by atoms with Gasteiger partial charge in [-0.25, -0.2) is 4.79 Å². The highest BCUT2D eigenvalue weighted by Gasteiger charge is 2.14. The number of nitrogens with zero attached hydrogens (tertiary/aromatic N) is 1. The third-order valence-electron chi connectivity index (χ3n) is 2.11. The van der Waals surface area contributed by atoms with Gasteiger partial charge >= 0.3 is 5.97 Å². The van der Waals surface area contributed by atoms with Crippen LogP contribution in [0.1, 0.15) is 15.9 Å². The number of nitrogens with one attached hydrogen (secondary N) is 1. The SMILES string of the molecule is COC(=O)c1cccc2c1NN=CC=C2. The van der Waals surface area contributed by atoms with Gasteiger partial charge in [0.25, 0.3) is 0 Å². The molecule has 0 radical (unpaired) electrons. The van der Waals surface area contributed by atoms with Gasteiger partial charge in [0.1, 0.15) is 0 Å². The first-order valence-corrected chi connectivity index (χ1v) is 4.50. The number of fused-ring (bicyclic) bond motifs is 1. The maximum Gasteiger partial charge on any atom is 0.340 e. The van der Waals surface area contributed by atoms with Crippen molar-refractivity contribution in [2.75, 3.05) is 12.5 Å². The van der Waals surface area contributed by atoms with Crippen molar-refractivity contribution < 1.29 is 9.53 Å². The lowest BCUT2D eigenvalue weighted by molar-refractivity contribution is 0.0602. The van der Waals surface area contributed by atoms with Crippen LogP contribution in [0.2, 0.25) is 0 Å². The molecule has 1 heterocycles. The molecule has 2 rings (SSSR count). The molecule has 4 nitrogen and oxygen atoms in total. The first-order valence-electron chi connectivity index (χ1n) is 4.50. The number of anilines is 1. The molecule has 0 amide bonds. The zero-order valence-electron chi connectivity index (χ0n) is 8.23. The Balaban J connectivity index is 2.54. The average molecular weight is 202 g/mol. The van der Waals surface area contributed by atoms with Crippen LogP contribution in [0.25, 0.3) is 6.08 Å². The summed E-state index contributed by atoms with van der Waals surface area (Å²) < 4.78 is 4.69. The predicted molar refractivity (Wildman–Crippen MR) is 58.9 cm³/mol. The number of carbonyl (C=O) groups excluding carboxylic acids is 1. The fourth-order valence-corrected chi connectivity index (χ4v) is 1.41. The lowest BCUT2D eigenvalue weighted by Crippen LogP contribution is -2.06. The topological polar surface area (TPSA) is 50.7 Å². The number of hydrogen-bond acceptors (Lipinski definition) is 4. The summed E-state index contributed by atoms with van der Waals surface area (Å²) in [6.45, 7) is 0. The van der Waals surface area contributed by atoms with Crippen molar-refractivity contribution in [1.82, 2.24) is 0 Å². The van der Waals surface area contributed by atoms with E-state index < -0.39 is 0 Å². The number of ether oxygens (including phenoxy) is 1. The maximum atomic E-state index is 11.5. The van der Waals surface area contributed by atoms with Crippen LogP contribution < -0.4 is 5.43 Å². The van der Waals surface area contributed by atoms with Crippen LogP contribution >= 0.6 is 0 Å². The normalized spacial score (nSPS) is 12.6. The Morgan fingerprint density at radius 1 is 1.47 bits per heavy atom. The van der Waals surface area contributed by atoms with Gasteiger partial charge in [-0.15, -0.1) is 0 Å². The highest BCUT2D eigenvalue weighted by Crippen LogP contribution is 2.24. The standard InChI is InChI=1S/C11H10N2O2/c1-15-11(14)9-6-2-4-8-5-3-7-12-13-10(8)9/h2-7,13H,1H3. The van der Waals surface area contributed by atoms with Gasteiger partial charge in [-0.05, 0) is 12.1 Å². The molecule has 1 aliphatic heterocycles. The molecule has 0 unspecified atom stereocenters. The average Bonchev–Trinajstić information content (AvgIpc) is 2.52. The Labute approximate surface area is 87.3 Å². The molecule has 0 saturated carbocycles. The molecule has 0 bridgehead atoms. The van der Waals surface area contributed by atoms with Crippen molar-refractivity contribution in [3.8, 4) is 0 Å². The Morgan fingerprint density at radius 3 is 3.13 bits per heavy atom. The molecule has 0 saturated heterocycles. The maximum absolute atomic E-state index is 11.5. The summed E-state index contributed by atoms with van der Waals surface area (Å²) in [6, 6.07) is 5.41. The van der Waals surface area contributed by atoms with Crippen molar-refractivity contribution >= 4 is 23.9 Å². The minimum Gasteiger partial charge on any atom is -0.465 e. The molecule has 4 heteroatoms. The van der Waals surface area contributed by atoms with Crippen LogP contribution in [0, 0.1) is 0 Å². The van der Waals surface area contributed by atoms with Crippen LogP contribution in [0.3, 0.4) is 0 Å². The molecule has 1 N–H and O–H groups in total. The molecule has 76 valence electrons. The van der Waals surface area contributed by atoms with Gasteiger partial charge in [0.15, 0.2) is 0 Å². The van der Waals surface area contributed by atoms with Crippen molar-refractivity contribution in [3.63, 3.8) is 0 Å². The van der Waals surface area contributed by atoms with Crippen molar-refractivity contribution in [1.29, 1.82) is 0 Å². The lowest BCUT2D eigenvalue weighted by atomic mass is 10.1. The van der Waals surface area contributed by atoms with E-state index in [2.05, 4.69) is 15.3 Å². The van der Waals surface area contributed by atoms with Gasteiger partial charge in [-0.2, -0.15) is 5.10 Å². The van der Waals surface area contributed by atoms with Gasteiger partial charge in [0.2, 0.25) is 0 Å². The summed E-state index contributed by atoms with van der Waals surface area (Å²) in [6.07, 6.45) is 5.31. The van der Waals surface area contributed by atoms with Crippen LogP contribution in [-0.2, 0) is 4.74 Å². The Hall–Kier alpha value is -2.10. The second kappa shape index (κ2) is 3.96. The number of benzene rings is 1. The summed E-state index contributed by atoms with van der Waals surface area (Å²) in [5, 5.41) is 3.92. The highest BCUT2D eigenvalue weighted by atomic mass is 16.5. The number of carbonyl (C=O) groups is 1. The first kappa shape index (κ1) is 9.45. The van der Waals surface area contributed by atoms with Gasteiger partial charge < -0.3 is 4.74 Å². The Kier molecular flexibility index (Phi) is 2.49. The molecule has 1 aromatic rings. The van der Waals surface area contributed by atoms with E-state index in [9.17, 15) is 4.79 Å². The van der Waals surface area contributed by atoms with Gasteiger partial charge in [-0.3, -0.25) is 5.43 Å². The zero-order valence-corrected chi connectivity index (χ0v) is 8.23. The smallest absolute Gasteiger partial charge is 0.340 e. The predicted octanol–water partition coefficient (Wildman–Crippen LogP) is 1.90. The van der Waals surface area contributed by atoms with Crippen LogP contribution in [0.15, 0.2) is 29.4 Å². The fraction of sp³-hybridized carbons (Fsp3) is 0.0909. The molecule has 0 aromatic heterocycles. The number of para-hydroxylation sites is 1. The van der Waals surface area contributed by atoms with Gasteiger partial charge in [0, 0.05) is 11.8 Å². The number of hydrazone groups is 1. The molecule has 0 aliphatic carbocycles. The van der Waals surface area contributed by atoms with Gasteiger partial charge in [-0.1, -0.05) is 18.2 Å². The minimum atomic E-state index is -0.371. The first-order chi connectivity index (χ1) is 7.33. The van der Waals surface area contributed by atoms with Crippen molar-refractivity contribution in [3.05, 3.63) is 35.4 Å². The van der Waals surface area contributed by atoms with E-state index in [1.807, 2.05) is 18.2 Å². The molecule has 0 fully saturated rings. The highest BCUT2D eigenvalue weighted by molar-refractivity contribution is 5.99. The summed E-state index contributed by atoms with van der Waals surface area (Å²) in [5.74, 6) is -0.371. The van der Waals surface area contributed by atoms with Gasteiger partial charge in [0.05, 0.1) is 18.4 Å². The van der Waals surface area contributed by atoms with E-state index in [0.717, 1.165) is 5.56 Å². The van der Waals surface area contributed by atoms with Crippen LogP contribution in [0.5, 0.6) is 0 Å². The lowest BCUT2D eigenvalue weighted by Gasteiger charge is -2.08. The number of allylic oxidation sites excluding steroid dienone is 1. The summed E-state index contributed by atoms with van der Waals surface area (Å²) in [5.41, 5.74) is 4.89. The zero-order chi connectivity index (χ0) is 10.7. The molecule has 1 aliphatic rings. The molecular weight excluding hydrogens is 192 g/mol. The van der Waals surface area contributed by atoms with E-state index >= 15 is 0 Å². The number of methoxy groups -OCH3 is 1. The molecule has 0 atom stereocenters. The molecule has 0 spiro atoms. The number of hydrogen-bond donors (Lipinski definition) is 1. The second-order valence-electron chi connectivity index (χ2n) is 3.01. The van der Waals surface area contributed by atoms with E-state index in [-0.39, 0.29) is 5.97 Å². The van der Waals surface area contributed by atoms with Crippen molar-refractivity contribution in [2.24, 2.45) is 5.10 Å². The summed E-state index contributed by atoms with van der Waals surface area (Å²) in [7, 11) is 1.36. The molecule has 15 heavy (non-hydrogen) atoms. The van der Waals surface area contributed by atoms with E-state index in [0.29, 0.717) is 11.3 Å². The Morgan fingerprint density at radius 2 is 2.33 bits per heavy atom. The summed E-state index contributed by atoms with van der Waals surface area (Å²) in [4.78, 5) is 11.5. The molecule has 1 aromatic carbocycles. The number of esters is 1. The van der Waals surface area contributed by atoms with E-state index in [4.69, 9.17) is 0 Å². The quantitative estimate of drug-likeness (QED) is 0.707. The van der Waals surface area contributed by atoms with Crippen molar-refractivity contribution in [2.45, 2.75) is 0 Å². The third kappa shape index (κ3) is 1.74. The van der Waals surface area contributed by atoms with E-state index in [1.165, 1.54) is 7.11 Å². The molecular formula is C11H10N2O2. The monoisotopic (exact) mass is 202 g/mol. The fourth-order valence-electron chi connectivity index (χ4n) is 1.41. The van der Waals surface area contributed by atoms with E-state index in [1.54, 1.807) is 18.4 Å².